The fourth-order valence-electron chi connectivity index (χ4n) is 3.67. The molecule has 2 aromatic carbocycles. The van der Waals surface area contributed by atoms with Gasteiger partial charge in [-0.05, 0) is 42.9 Å². The predicted octanol–water partition coefficient (Wildman–Crippen LogP) is 2.99. The second kappa shape index (κ2) is 9.73. The van der Waals surface area contributed by atoms with Crippen molar-refractivity contribution in [2.24, 2.45) is 10.9 Å². The molecule has 0 aromatic heterocycles. The zero-order valence-electron chi connectivity index (χ0n) is 16.4. The van der Waals surface area contributed by atoms with Crippen LogP contribution in [0.25, 0.3) is 0 Å². The number of hydrogen-bond donors (Lipinski definition) is 1. The molecule has 1 fully saturated rings. The van der Waals surface area contributed by atoms with Gasteiger partial charge < -0.3 is 10.2 Å². The van der Waals surface area contributed by atoms with Crippen molar-refractivity contribution in [1.82, 2.24) is 10.2 Å². The van der Waals surface area contributed by atoms with Crippen LogP contribution in [0.15, 0.2) is 70.6 Å². The lowest BCUT2D eigenvalue weighted by atomic mass is 9.90. The molecule has 1 saturated heterocycles. The Morgan fingerprint density at radius 1 is 1.04 bits per heavy atom. The van der Waals surface area contributed by atoms with Crippen molar-refractivity contribution < 1.29 is 8.42 Å². The molecule has 5 nitrogen and oxygen atoms in total. The SMILES string of the molecule is CN=C(NCCS(=O)(=O)c1ccccc1)N1CCC(Cc2ccccc2)CC1. The van der Waals surface area contributed by atoms with Crippen LogP contribution in [0.2, 0.25) is 0 Å². The summed E-state index contributed by atoms with van der Waals surface area (Å²) in [7, 11) is -1.52. The Kier molecular flexibility index (Phi) is 7.09. The van der Waals surface area contributed by atoms with Gasteiger partial charge in [-0.3, -0.25) is 4.99 Å². The molecule has 28 heavy (non-hydrogen) atoms. The van der Waals surface area contributed by atoms with Crippen LogP contribution in [-0.4, -0.2) is 51.7 Å². The third-order valence-electron chi connectivity index (χ3n) is 5.25. The van der Waals surface area contributed by atoms with Gasteiger partial charge in [0.1, 0.15) is 0 Å². The maximum atomic E-state index is 12.4. The molecular formula is C22H29N3O2S. The van der Waals surface area contributed by atoms with E-state index < -0.39 is 9.84 Å². The molecule has 0 aliphatic carbocycles. The molecule has 1 heterocycles. The summed E-state index contributed by atoms with van der Waals surface area (Å²) in [6.45, 7) is 2.25. The summed E-state index contributed by atoms with van der Waals surface area (Å²) in [5.74, 6) is 1.54. The van der Waals surface area contributed by atoms with E-state index in [9.17, 15) is 8.42 Å². The number of piperidine rings is 1. The number of nitrogens with zero attached hydrogens (tertiary/aromatic N) is 2. The zero-order chi connectivity index (χ0) is 19.8. The van der Waals surface area contributed by atoms with Crippen molar-refractivity contribution in [2.45, 2.75) is 24.2 Å². The summed E-state index contributed by atoms with van der Waals surface area (Å²) in [5, 5.41) is 3.23. The zero-order valence-corrected chi connectivity index (χ0v) is 17.2. The lowest BCUT2D eigenvalue weighted by Crippen LogP contribution is -2.46. The Hall–Kier alpha value is -2.34. The van der Waals surface area contributed by atoms with Crippen molar-refractivity contribution in [3.05, 3.63) is 66.2 Å². The van der Waals surface area contributed by atoms with Crippen LogP contribution in [0.3, 0.4) is 0 Å². The molecule has 1 aliphatic heterocycles. The molecule has 0 atom stereocenters. The van der Waals surface area contributed by atoms with Crippen molar-refractivity contribution in [2.75, 3.05) is 32.4 Å². The highest BCUT2D eigenvalue weighted by molar-refractivity contribution is 7.91. The average Bonchev–Trinajstić information content (AvgIpc) is 2.73. The molecular weight excluding hydrogens is 370 g/mol. The number of benzene rings is 2. The topological polar surface area (TPSA) is 61.8 Å². The molecule has 0 amide bonds. The molecule has 0 bridgehead atoms. The normalized spacial score (nSPS) is 16.2. The fourth-order valence-corrected chi connectivity index (χ4v) is 4.85. The number of aliphatic imine (C=N–C) groups is 1. The van der Waals surface area contributed by atoms with Crippen LogP contribution in [0.4, 0.5) is 0 Å². The van der Waals surface area contributed by atoms with Gasteiger partial charge in [0.25, 0.3) is 0 Å². The van der Waals surface area contributed by atoms with Crippen LogP contribution in [0, 0.1) is 5.92 Å². The molecule has 1 N–H and O–H groups in total. The number of likely N-dealkylation sites (tertiary alicyclic amines) is 1. The van der Waals surface area contributed by atoms with E-state index in [-0.39, 0.29) is 5.75 Å². The van der Waals surface area contributed by atoms with Crippen molar-refractivity contribution in [1.29, 1.82) is 0 Å². The van der Waals surface area contributed by atoms with Gasteiger partial charge in [-0.2, -0.15) is 0 Å². The number of sulfone groups is 1. The van der Waals surface area contributed by atoms with E-state index >= 15 is 0 Å². The van der Waals surface area contributed by atoms with Crippen LogP contribution in [-0.2, 0) is 16.3 Å². The summed E-state index contributed by atoms with van der Waals surface area (Å²) in [5.41, 5.74) is 1.40. The molecule has 3 rings (SSSR count). The molecule has 150 valence electrons. The molecule has 0 spiro atoms. The third-order valence-corrected chi connectivity index (χ3v) is 6.98. The Bertz CT molecular complexity index is 859. The van der Waals surface area contributed by atoms with E-state index in [1.54, 1.807) is 31.3 Å². The van der Waals surface area contributed by atoms with E-state index in [2.05, 4.69) is 45.5 Å². The fraction of sp³-hybridized carbons (Fsp3) is 0.409. The minimum Gasteiger partial charge on any atom is -0.355 e. The number of guanidine groups is 1. The Morgan fingerprint density at radius 2 is 1.64 bits per heavy atom. The summed E-state index contributed by atoms with van der Waals surface area (Å²) >= 11 is 0. The highest BCUT2D eigenvalue weighted by Crippen LogP contribution is 2.21. The summed E-state index contributed by atoms with van der Waals surface area (Å²) in [4.78, 5) is 6.95. The lowest BCUT2D eigenvalue weighted by molar-refractivity contribution is 0.259. The highest BCUT2D eigenvalue weighted by Gasteiger charge is 2.22. The number of hydrogen-bond acceptors (Lipinski definition) is 3. The van der Waals surface area contributed by atoms with Crippen molar-refractivity contribution in [3.63, 3.8) is 0 Å². The smallest absolute Gasteiger partial charge is 0.193 e. The van der Waals surface area contributed by atoms with Gasteiger partial charge in [-0.1, -0.05) is 48.5 Å². The van der Waals surface area contributed by atoms with Gasteiger partial charge >= 0.3 is 0 Å². The van der Waals surface area contributed by atoms with Crippen LogP contribution < -0.4 is 5.32 Å². The second-order valence-electron chi connectivity index (χ2n) is 7.23. The first-order valence-corrected chi connectivity index (χ1v) is 11.5. The Balaban J connectivity index is 1.46. The van der Waals surface area contributed by atoms with E-state index in [1.165, 1.54) is 5.56 Å². The van der Waals surface area contributed by atoms with E-state index in [0.717, 1.165) is 38.3 Å². The minimum absolute atomic E-state index is 0.0561. The number of rotatable bonds is 6. The number of nitrogens with one attached hydrogen (secondary N) is 1. The largest absolute Gasteiger partial charge is 0.355 e. The molecule has 2 aromatic rings. The highest BCUT2D eigenvalue weighted by atomic mass is 32.2. The van der Waals surface area contributed by atoms with Gasteiger partial charge in [0.2, 0.25) is 0 Å². The Morgan fingerprint density at radius 3 is 2.25 bits per heavy atom. The van der Waals surface area contributed by atoms with Gasteiger partial charge in [0, 0.05) is 26.7 Å². The van der Waals surface area contributed by atoms with Crippen molar-refractivity contribution in [3.8, 4) is 0 Å². The first kappa shape index (κ1) is 20.4. The lowest BCUT2D eigenvalue weighted by Gasteiger charge is -2.34. The van der Waals surface area contributed by atoms with Gasteiger partial charge in [0.05, 0.1) is 10.6 Å². The maximum Gasteiger partial charge on any atom is 0.193 e. The van der Waals surface area contributed by atoms with E-state index in [4.69, 9.17) is 0 Å². The Labute approximate surface area is 168 Å². The first-order chi connectivity index (χ1) is 13.6. The minimum atomic E-state index is -3.27. The second-order valence-corrected chi connectivity index (χ2v) is 9.34. The van der Waals surface area contributed by atoms with Gasteiger partial charge in [0.15, 0.2) is 15.8 Å². The average molecular weight is 400 g/mol. The molecule has 1 aliphatic rings. The predicted molar refractivity (Wildman–Crippen MR) is 114 cm³/mol. The summed E-state index contributed by atoms with van der Waals surface area (Å²) < 4.78 is 24.8. The van der Waals surface area contributed by atoms with Crippen molar-refractivity contribution >= 4 is 15.8 Å². The standard InChI is InChI=1S/C22H29N3O2S/c1-23-22(24-14-17-28(26,27)21-10-6-3-7-11-21)25-15-12-20(13-16-25)18-19-8-4-2-5-9-19/h2-11,20H,12-18H2,1H3,(H,23,24). The van der Waals surface area contributed by atoms with E-state index in [0.29, 0.717) is 17.4 Å². The first-order valence-electron chi connectivity index (χ1n) is 9.86. The van der Waals surface area contributed by atoms with Crippen LogP contribution in [0.5, 0.6) is 0 Å². The van der Waals surface area contributed by atoms with E-state index in [1.807, 2.05) is 6.07 Å². The maximum absolute atomic E-state index is 12.4. The molecule has 0 radical (unpaired) electrons. The molecule has 6 heteroatoms. The third kappa shape index (κ3) is 5.58. The summed E-state index contributed by atoms with van der Waals surface area (Å²) in [6.07, 6.45) is 3.37. The quantitative estimate of drug-likeness (QED) is 0.599. The monoisotopic (exact) mass is 399 g/mol. The van der Waals surface area contributed by atoms with Gasteiger partial charge in [-0.15, -0.1) is 0 Å². The van der Waals surface area contributed by atoms with Crippen LogP contribution >= 0.6 is 0 Å². The molecule has 0 unspecified atom stereocenters. The summed E-state index contributed by atoms with van der Waals surface area (Å²) in [6, 6.07) is 19.2. The molecule has 0 saturated carbocycles. The van der Waals surface area contributed by atoms with Crippen LogP contribution in [0.1, 0.15) is 18.4 Å². The van der Waals surface area contributed by atoms with Gasteiger partial charge in [-0.25, -0.2) is 8.42 Å².